The van der Waals surface area contributed by atoms with Crippen LogP contribution in [0.25, 0.3) is 0 Å². The lowest BCUT2D eigenvalue weighted by molar-refractivity contribution is 0.371. The molecule has 0 radical (unpaired) electrons. The van der Waals surface area contributed by atoms with Gasteiger partial charge in [-0.1, -0.05) is 33.6 Å². The molecule has 15 heavy (non-hydrogen) atoms. The van der Waals surface area contributed by atoms with Crippen molar-refractivity contribution in [2.75, 3.05) is 6.54 Å². The van der Waals surface area contributed by atoms with Gasteiger partial charge in [-0.05, 0) is 49.5 Å². The third-order valence-electron chi connectivity index (χ3n) is 4.31. The molecule has 1 N–H and O–H groups in total. The summed E-state index contributed by atoms with van der Waals surface area (Å²) in [5, 5.41) is 3.77. The first-order valence-corrected chi connectivity index (χ1v) is 6.87. The van der Waals surface area contributed by atoms with Gasteiger partial charge in [0, 0.05) is 6.04 Å². The van der Waals surface area contributed by atoms with Gasteiger partial charge in [0.15, 0.2) is 0 Å². The van der Waals surface area contributed by atoms with Gasteiger partial charge in [-0.15, -0.1) is 0 Å². The first kappa shape index (κ1) is 11.4. The molecular weight excluding hydrogens is 182 g/mol. The van der Waals surface area contributed by atoms with E-state index in [1.165, 1.54) is 45.1 Å². The smallest absolute Gasteiger partial charge is 0.0101 e. The lowest BCUT2D eigenvalue weighted by atomic mass is 9.98. The summed E-state index contributed by atoms with van der Waals surface area (Å²) >= 11 is 0. The predicted octanol–water partition coefficient (Wildman–Crippen LogP) is 3.59. The molecule has 1 nitrogen and oxygen atoms in total. The largest absolute Gasteiger partial charge is 0.314 e. The van der Waals surface area contributed by atoms with E-state index in [1.54, 1.807) is 0 Å². The third-order valence-corrected chi connectivity index (χ3v) is 4.31. The minimum atomic E-state index is 0.634. The zero-order valence-corrected chi connectivity index (χ0v) is 10.7. The van der Waals surface area contributed by atoms with Gasteiger partial charge in [0.2, 0.25) is 0 Å². The Labute approximate surface area is 95.0 Å². The third kappa shape index (κ3) is 3.21. The maximum absolute atomic E-state index is 3.77. The molecule has 0 aliphatic heterocycles. The fourth-order valence-electron chi connectivity index (χ4n) is 2.79. The number of hydrogen-bond donors (Lipinski definition) is 1. The van der Waals surface area contributed by atoms with E-state index >= 15 is 0 Å². The monoisotopic (exact) mass is 209 g/mol. The van der Waals surface area contributed by atoms with Crippen molar-refractivity contribution in [3.05, 3.63) is 0 Å². The maximum atomic E-state index is 3.77. The minimum absolute atomic E-state index is 0.634. The van der Waals surface area contributed by atoms with E-state index < -0.39 is 0 Å². The second kappa shape index (κ2) is 4.45. The second-order valence-electron chi connectivity index (χ2n) is 6.38. The van der Waals surface area contributed by atoms with Crippen LogP contribution < -0.4 is 5.32 Å². The van der Waals surface area contributed by atoms with Crippen LogP contribution in [0.5, 0.6) is 0 Å². The molecule has 0 aromatic carbocycles. The highest BCUT2D eigenvalue weighted by molar-refractivity contribution is 5.02. The van der Waals surface area contributed by atoms with Crippen LogP contribution in [0.15, 0.2) is 0 Å². The van der Waals surface area contributed by atoms with Gasteiger partial charge in [-0.25, -0.2) is 0 Å². The molecule has 2 aliphatic rings. The highest BCUT2D eigenvalue weighted by Crippen LogP contribution is 2.54. The molecule has 88 valence electrons. The molecule has 2 fully saturated rings. The molecule has 2 atom stereocenters. The van der Waals surface area contributed by atoms with E-state index in [4.69, 9.17) is 0 Å². The Morgan fingerprint density at radius 2 is 2.00 bits per heavy atom. The number of nitrogens with one attached hydrogen (secondary N) is 1. The van der Waals surface area contributed by atoms with Crippen LogP contribution in [0, 0.1) is 17.3 Å². The van der Waals surface area contributed by atoms with Crippen molar-refractivity contribution in [1.82, 2.24) is 5.32 Å². The second-order valence-corrected chi connectivity index (χ2v) is 6.38. The van der Waals surface area contributed by atoms with E-state index in [0.29, 0.717) is 5.41 Å². The number of hydrogen-bond acceptors (Lipinski definition) is 1. The van der Waals surface area contributed by atoms with Crippen molar-refractivity contribution in [3.8, 4) is 0 Å². The van der Waals surface area contributed by atoms with Crippen molar-refractivity contribution in [2.24, 2.45) is 17.3 Å². The van der Waals surface area contributed by atoms with Gasteiger partial charge in [-0.2, -0.15) is 0 Å². The molecule has 0 bridgehead atoms. The standard InChI is InChI=1S/C14H27N/c1-4-9-15-13(8-7-11-5-6-11)12-10-14(12,2)3/h11-13,15H,4-10H2,1-3H3. The van der Waals surface area contributed by atoms with Gasteiger partial charge < -0.3 is 5.32 Å². The summed E-state index contributed by atoms with van der Waals surface area (Å²) < 4.78 is 0. The first-order chi connectivity index (χ1) is 7.13. The van der Waals surface area contributed by atoms with Crippen LogP contribution in [0.1, 0.15) is 59.3 Å². The molecule has 2 aliphatic carbocycles. The van der Waals surface area contributed by atoms with Crippen LogP contribution in [0.2, 0.25) is 0 Å². The zero-order chi connectivity index (χ0) is 10.9. The summed E-state index contributed by atoms with van der Waals surface area (Å²) in [5.74, 6) is 2.06. The molecule has 2 unspecified atom stereocenters. The van der Waals surface area contributed by atoms with Crippen molar-refractivity contribution in [3.63, 3.8) is 0 Å². The quantitative estimate of drug-likeness (QED) is 0.675. The average Bonchev–Trinajstić information content (AvgIpc) is 3.06. The predicted molar refractivity (Wildman–Crippen MR) is 65.9 cm³/mol. The van der Waals surface area contributed by atoms with E-state index in [1.807, 2.05) is 0 Å². The molecule has 0 amide bonds. The summed E-state index contributed by atoms with van der Waals surface area (Å²) in [5.41, 5.74) is 0.634. The van der Waals surface area contributed by atoms with Crippen LogP contribution in [-0.2, 0) is 0 Å². The summed E-state index contributed by atoms with van der Waals surface area (Å²) in [6.45, 7) is 8.33. The summed E-state index contributed by atoms with van der Waals surface area (Å²) in [7, 11) is 0. The molecule has 2 saturated carbocycles. The Balaban J connectivity index is 1.74. The Morgan fingerprint density at radius 3 is 2.47 bits per heavy atom. The van der Waals surface area contributed by atoms with Gasteiger partial charge in [0.05, 0.1) is 0 Å². The van der Waals surface area contributed by atoms with E-state index in [-0.39, 0.29) is 0 Å². The topological polar surface area (TPSA) is 12.0 Å². The molecule has 0 spiro atoms. The summed E-state index contributed by atoms with van der Waals surface area (Å²) in [6.07, 6.45) is 8.64. The minimum Gasteiger partial charge on any atom is -0.314 e. The van der Waals surface area contributed by atoms with E-state index in [9.17, 15) is 0 Å². The Morgan fingerprint density at radius 1 is 1.33 bits per heavy atom. The Kier molecular flexibility index (Phi) is 3.39. The van der Waals surface area contributed by atoms with Crippen molar-refractivity contribution in [1.29, 1.82) is 0 Å². The normalized spacial score (nSPS) is 30.2. The Hall–Kier alpha value is -0.0400. The lowest BCUT2D eigenvalue weighted by Gasteiger charge is -2.20. The maximum Gasteiger partial charge on any atom is 0.0101 e. The lowest BCUT2D eigenvalue weighted by Crippen LogP contribution is -2.33. The summed E-state index contributed by atoms with van der Waals surface area (Å²) in [4.78, 5) is 0. The van der Waals surface area contributed by atoms with Crippen LogP contribution in [0.4, 0.5) is 0 Å². The zero-order valence-electron chi connectivity index (χ0n) is 10.7. The van der Waals surface area contributed by atoms with Gasteiger partial charge in [-0.3, -0.25) is 0 Å². The van der Waals surface area contributed by atoms with Crippen molar-refractivity contribution >= 4 is 0 Å². The number of rotatable bonds is 7. The molecular formula is C14H27N. The SMILES string of the molecule is CCCNC(CCC1CC1)C1CC1(C)C. The van der Waals surface area contributed by atoms with Crippen LogP contribution in [0.3, 0.4) is 0 Å². The molecule has 1 heteroatoms. The van der Waals surface area contributed by atoms with Crippen molar-refractivity contribution in [2.45, 2.75) is 65.3 Å². The van der Waals surface area contributed by atoms with Crippen LogP contribution in [-0.4, -0.2) is 12.6 Å². The first-order valence-electron chi connectivity index (χ1n) is 6.87. The Bertz CT molecular complexity index is 205. The fraction of sp³-hybridized carbons (Fsp3) is 1.00. The van der Waals surface area contributed by atoms with Gasteiger partial charge in [0.1, 0.15) is 0 Å². The van der Waals surface area contributed by atoms with Crippen molar-refractivity contribution < 1.29 is 0 Å². The fourth-order valence-corrected chi connectivity index (χ4v) is 2.79. The molecule has 0 aromatic rings. The van der Waals surface area contributed by atoms with Gasteiger partial charge in [0.25, 0.3) is 0 Å². The average molecular weight is 209 g/mol. The molecule has 0 heterocycles. The highest BCUT2D eigenvalue weighted by Gasteiger charge is 2.49. The summed E-state index contributed by atoms with van der Waals surface area (Å²) in [6, 6.07) is 0.820. The van der Waals surface area contributed by atoms with E-state index in [2.05, 4.69) is 26.1 Å². The molecule has 0 saturated heterocycles. The highest BCUT2D eigenvalue weighted by atomic mass is 14.9. The molecule has 0 aromatic heterocycles. The van der Waals surface area contributed by atoms with E-state index in [0.717, 1.165) is 17.9 Å². The van der Waals surface area contributed by atoms with Crippen LogP contribution >= 0.6 is 0 Å². The molecule has 2 rings (SSSR count). The van der Waals surface area contributed by atoms with Gasteiger partial charge >= 0.3 is 0 Å².